The number of nitrogens with one attached hydrogen (secondary N) is 2. The Labute approximate surface area is 150 Å². The first-order chi connectivity index (χ1) is 12.0. The molecule has 0 aliphatic carbocycles. The fraction of sp³-hybridized carbons (Fsp3) is 0.412. The van der Waals surface area contributed by atoms with Crippen LogP contribution >= 0.6 is 11.8 Å². The second-order valence-corrected chi connectivity index (χ2v) is 7.02. The van der Waals surface area contributed by atoms with Crippen LogP contribution in [0.1, 0.15) is 11.4 Å². The fourth-order valence-corrected chi connectivity index (χ4v) is 3.62. The molecule has 0 bridgehead atoms. The zero-order valence-electron chi connectivity index (χ0n) is 14.3. The summed E-state index contributed by atoms with van der Waals surface area (Å²) in [5.41, 5.74) is 2.66. The summed E-state index contributed by atoms with van der Waals surface area (Å²) in [5.74, 6) is 0. The van der Waals surface area contributed by atoms with Crippen molar-refractivity contribution < 1.29 is 14.6 Å². The number of carbonyl (C=O) groups is 1. The molecule has 1 aliphatic rings. The second kappa shape index (κ2) is 7.90. The van der Waals surface area contributed by atoms with Gasteiger partial charge in [0.1, 0.15) is 0 Å². The Kier molecular flexibility index (Phi) is 5.62. The van der Waals surface area contributed by atoms with E-state index in [9.17, 15) is 9.90 Å². The van der Waals surface area contributed by atoms with Crippen LogP contribution in [0.5, 0.6) is 0 Å². The van der Waals surface area contributed by atoms with E-state index < -0.39 is 6.10 Å². The molecule has 134 valence electrons. The Morgan fingerprint density at radius 3 is 3.00 bits per heavy atom. The molecule has 25 heavy (non-hydrogen) atoms. The quantitative estimate of drug-likeness (QED) is 0.780. The highest BCUT2D eigenvalue weighted by molar-refractivity contribution is 7.99. The van der Waals surface area contributed by atoms with Crippen molar-refractivity contribution in [3.63, 3.8) is 0 Å². The molecule has 1 atom stereocenters. The molecule has 2 amide bonds. The molecule has 1 saturated heterocycles. The third-order valence-electron chi connectivity index (χ3n) is 3.94. The van der Waals surface area contributed by atoms with Gasteiger partial charge in [-0.15, -0.1) is 0 Å². The maximum atomic E-state index is 12.6. The predicted molar refractivity (Wildman–Crippen MR) is 96.0 cm³/mol. The predicted octanol–water partition coefficient (Wildman–Crippen LogP) is 2.40. The minimum Gasteiger partial charge on any atom is -0.389 e. The lowest BCUT2D eigenvalue weighted by Gasteiger charge is -2.22. The molecule has 2 aromatic rings. The molecule has 1 aromatic heterocycles. The minimum atomic E-state index is -0.658. The van der Waals surface area contributed by atoms with Crippen LogP contribution in [0.2, 0.25) is 0 Å². The lowest BCUT2D eigenvalue weighted by molar-refractivity contribution is 0.0575. The highest BCUT2D eigenvalue weighted by atomic mass is 32.2. The number of β-amino-alcohol motifs (C(OH)–C–C–N with tert-alkyl or cyclic N) is 1. The third-order valence-corrected chi connectivity index (χ3v) is 5.32. The van der Waals surface area contributed by atoms with Crippen LogP contribution in [0.4, 0.5) is 10.5 Å². The van der Waals surface area contributed by atoms with Gasteiger partial charge in [0.2, 0.25) is 0 Å². The van der Waals surface area contributed by atoms with E-state index in [1.54, 1.807) is 16.7 Å². The van der Waals surface area contributed by atoms with Gasteiger partial charge in [0, 0.05) is 17.1 Å². The number of aromatic amines is 1. The molecule has 0 unspecified atom stereocenters. The molecule has 0 spiro atoms. The van der Waals surface area contributed by atoms with Gasteiger partial charge in [0.15, 0.2) is 0 Å². The van der Waals surface area contributed by atoms with E-state index >= 15 is 0 Å². The minimum absolute atomic E-state index is 0.238. The van der Waals surface area contributed by atoms with Gasteiger partial charge in [-0.05, 0) is 26.0 Å². The largest absolute Gasteiger partial charge is 0.389 e. The lowest BCUT2D eigenvalue weighted by atomic mass is 10.3. The van der Waals surface area contributed by atoms with Gasteiger partial charge in [-0.25, -0.2) is 4.79 Å². The van der Waals surface area contributed by atoms with Gasteiger partial charge in [0.25, 0.3) is 0 Å². The molecule has 0 saturated carbocycles. The molecular weight excluding hydrogens is 340 g/mol. The van der Waals surface area contributed by atoms with E-state index in [1.807, 2.05) is 38.1 Å². The first kappa shape index (κ1) is 17.8. The van der Waals surface area contributed by atoms with Crippen LogP contribution in [-0.4, -0.2) is 58.6 Å². The highest BCUT2D eigenvalue weighted by Crippen LogP contribution is 2.36. The summed E-state index contributed by atoms with van der Waals surface area (Å²) in [5, 5.41) is 19.9. The van der Waals surface area contributed by atoms with Crippen LogP contribution in [0.15, 0.2) is 34.1 Å². The number of ether oxygens (including phenoxy) is 1. The molecule has 8 heteroatoms. The van der Waals surface area contributed by atoms with E-state index in [-0.39, 0.29) is 19.2 Å². The number of aliphatic hydroxyl groups is 1. The Hall–Kier alpha value is -2.03. The Balaban J connectivity index is 1.75. The van der Waals surface area contributed by atoms with Crippen LogP contribution in [0.3, 0.4) is 0 Å². The van der Waals surface area contributed by atoms with E-state index in [4.69, 9.17) is 4.74 Å². The SMILES string of the molecule is Cc1n[nH]c(C)c1Sc1ccccc1NC(=O)N1CCOC[C@H](O)C1. The van der Waals surface area contributed by atoms with Gasteiger partial charge in [-0.3, -0.25) is 5.10 Å². The number of H-pyrrole nitrogens is 1. The lowest BCUT2D eigenvalue weighted by Crippen LogP contribution is -2.40. The topological polar surface area (TPSA) is 90.5 Å². The van der Waals surface area contributed by atoms with Crippen LogP contribution in [0.25, 0.3) is 0 Å². The first-order valence-corrected chi connectivity index (χ1v) is 8.96. The number of anilines is 1. The van der Waals surface area contributed by atoms with Crippen LogP contribution in [-0.2, 0) is 4.74 Å². The maximum Gasteiger partial charge on any atom is 0.322 e. The molecule has 0 radical (unpaired) electrons. The van der Waals surface area contributed by atoms with Crippen molar-refractivity contribution >= 4 is 23.5 Å². The summed E-state index contributed by atoms with van der Waals surface area (Å²) in [6.07, 6.45) is -0.658. The molecule has 3 rings (SSSR count). The van der Waals surface area contributed by atoms with Crippen molar-refractivity contribution in [3.8, 4) is 0 Å². The molecular formula is C17H22N4O3S. The van der Waals surface area contributed by atoms with E-state index in [2.05, 4.69) is 15.5 Å². The molecule has 1 aliphatic heterocycles. The number of carbonyl (C=O) groups excluding carboxylic acids is 1. The van der Waals surface area contributed by atoms with E-state index in [0.717, 1.165) is 26.9 Å². The summed E-state index contributed by atoms with van der Waals surface area (Å²) in [4.78, 5) is 16.1. The number of aliphatic hydroxyl groups excluding tert-OH is 1. The van der Waals surface area contributed by atoms with Gasteiger partial charge < -0.3 is 20.1 Å². The van der Waals surface area contributed by atoms with Crippen molar-refractivity contribution in [2.24, 2.45) is 0 Å². The number of urea groups is 1. The highest BCUT2D eigenvalue weighted by Gasteiger charge is 2.22. The summed E-state index contributed by atoms with van der Waals surface area (Å²) < 4.78 is 5.27. The molecule has 1 aromatic carbocycles. The molecule has 7 nitrogen and oxygen atoms in total. The van der Waals surface area contributed by atoms with Crippen LogP contribution < -0.4 is 5.32 Å². The van der Waals surface area contributed by atoms with Crippen molar-refractivity contribution in [2.45, 2.75) is 29.7 Å². The summed E-state index contributed by atoms with van der Waals surface area (Å²) >= 11 is 1.57. The zero-order valence-corrected chi connectivity index (χ0v) is 15.1. The van der Waals surface area contributed by atoms with E-state index in [1.165, 1.54) is 0 Å². The van der Waals surface area contributed by atoms with Crippen molar-refractivity contribution in [1.82, 2.24) is 15.1 Å². The molecule has 2 heterocycles. The second-order valence-electron chi connectivity index (χ2n) is 5.97. The Bertz CT molecular complexity index is 730. The van der Waals surface area contributed by atoms with Crippen LogP contribution in [0, 0.1) is 13.8 Å². The number of rotatable bonds is 3. The van der Waals surface area contributed by atoms with Crippen molar-refractivity contribution in [2.75, 3.05) is 31.6 Å². The average Bonchev–Trinajstić information content (AvgIpc) is 2.79. The number of amides is 2. The number of nitrogens with zero attached hydrogens (tertiary/aromatic N) is 2. The first-order valence-electron chi connectivity index (χ1n) is 8.15. The molecule has 1 fully saturated rings. The van der Waals surface area contributed by atoms with Crippen molar-refractivity contribution in [1.29, 1.82) is 0 Å². The smallest absolute Gasteiger partial charge is 0.322 e. The summed E-state index contributed by atoms with van der Waals surface area (Å²) in [7, 11) is 0. The standard InChI is InChI=1S/C17H22N4O3S/c1-11-16(12(2)20-19-11)25-15-6-4-3-5-14(15)18-17(23)21-7-8-24-10-13(22)9-21/h3-6,13,22H,7-10H2,1-2H3,(H,18,23)(H,19,20)/t13-/m1/s1. The maximum absolute atomic E-state index is 12.6. The van der Waals surface area contributed by atoms with Gasteiger partial charge >= 0.3 is 6.03 Å². The van der Waals surface area contributed by atoms with Gasteiger partial charge in [-0.1, -0.05) is 23.9 Å². The number of hydrogen-bond acceptors (Lipinski definition) is 5. The zero-order chi connectivity index (χ0) is 17.8. The molecule has 3 N–H and O–H groups in total. The number of benzene rings is 1. The number of hydrogen-bond donors (Lipinski definition) is 3. The normalized spacial score (nSPS) is 18.0. The van der Waals surface area contributed by atoms with Crippen molar-refractivity contribution in [3.05, 3.63) is 35.7 Å². The number of para-hydroxylation sites is 1. The van der Waals surface area contributed by atoms with Gasteiger partial charge in [0.05, 0.1) is 42.1 Å². The fourth-order valence-electron chi connectivity index (χ4n) is 2.63. The average molecular weight is 362 g/mol. The summed E-state index contributed by atoms with van der Waals surface area (Å²) in [6, 6.07) is 7.42. The number of aryl methyl sites for hydroxylation is 2. The third kappa shape index (κ3) is 4.33. The Morgan fingerprint density at radius 2 is 2.24 bits per heavy atom. The Morgan fingerprint density at radius 1 is 1.44 bits per heavy atom. The van der Waals surface area contributed by atoms with E-state index in [0.29, 0.717) is 13.2 Å². The van der Waals surface area contributed by atoms with Gasteiger partial charge in [-0.2, -0.15) is 5.10 Å². The number of aromatic nitrogens is 2. The summed E-state index contributed by atoms with van der Waals surface area (Å²) in [6.45, 7) is 5.33. The monoisotopic (exact) mass is 362 g/mol.